The smallest absolute Gasteiger partial charge is 0.251 e. The lowest BCUT2D eigenvalue weighted by Crippen LogP contribution is -2.25. The number of halogens is 1. The second-order valence-electron chi connectivity index (χ2n) is 6.15. The molecule has 1 amide bonds. The van der Waals surface area contributed by atoms with Gasteiger partial charge in [0.1, 0.15) is 5.82 Å². The highest BCUT2D eigenvalue weighted by Crippen LogP contribution is 2.24. The average molecular weight is 356 g/mol. The molecule has 1 aromatic heterocycles. The minimum absolute atomic E-state index is 0.0824. The molecule has 0 radical (unpaired) electrons. The molecule has 0 bridgehead atoms. The van der Waals surface area contributed by atoms with Crippen LogP contribution in [-0.4, -0.2) is 17.4 Å². The van der Waals surface area contributed by atoms with Crippen molar-refractivity contribution in [1.29, 1.82) is 0 Å². The predicted molar refractivity (Wildman–Crippen MR) is 102 cm³/mol. The molecule has 0 unspecified atom stereocenters. The molecular weight excluding hydrogens is 334 g/mol. The molecule has 0 spiro atoms. The van der Waals surface area contributed by atoms with Gasteiger partial charge in [0.15, 0.2) is 0 Å². The Bertz CT molecular complexity index is 773. The van der Waals surface area contributed by atoms with E-state index >= 15 is 0 Å². The van der Waals surface area contributed by atoms with Crippen LogP contribution in [0, 0.1) is 0 Å². The zero-order valence-electron chi connectivity index (χ0n) is 14.1. The van der Waals surface area contributed by atoms with Gasteiger partial charge in [-0.25, -0.2) is 4.98 Å². The first-order valence-electron chi connectivity index (χ1n) is 8.66. The summed E-state index contributed by atoms with van der Waals surface area (Å²) in [5.41, 5.74) is 2.81. The average Bonchev–Trinajstić information content (AvgIpc) is 2.65. The number of nitrogens with zero attached hydrogens (tertiary/aromatic N) is 1. The molecule has 1 aliphatic carbocycles. The Morgan fingerprint density at radius 3 is 2.88 bits per heavy atom. The maximum atomic E-state index is 12.3. The molecule has 1 aliphatic rings. The molecule has 4 nitrogen and oxygen atoms in total. The van der Waals surface area contributed by atoms with E-state index in [9.17, 15) is 4.79 Å². The molecule has 0 saturated heterocycles. The van der Waals surface area contributed by atoms with E-state index in [2.05, 4.69) is 21.7 Å². The fourth-order valence-corrected chi connectivity index (χ4v) is 3.09. The van der Waals surface area contributed by atoms with Crippen LogP contribution in [0.2, 0.25) is 5.02 Å². The lowest BCUT2D eigenvalue weighted by atomic mass is 9.97. The van der Waals surface area contributed by atoms with Crippen molar-refractivity contribution < 1.29 is 4.79 Å². The van der Waals surface area contributed by atoms with Gasteiger partial charge in [0.25, 0.3) is 5.91 Å². The number of carbonyl (C=O) groups excluding carboxylic acids is 1. The third-order valence-electron chi connectivity index (χ3n) is 4.28. The molecule has 3 rings (SSSR count). The molecule has 0 saturated carbocycles. The summed E-state index contributed by atoms with van der Waals surface area (Å²) < 4.78 is 0. The number of aromatic nitrogens is 1. The number of nitrogens with one attached hydrogen (secondary N) is 2. The molecule has 2 aromatic rings. The number of allylic oxidation sites excluding steroid dienone is 1. The maximum absolute atomic E-state index is 12.3. The first-order valence-corrected chi connectivity index (χ1v) is 9.04. The second-order valence-corrected chi connectivity index (χ2v) is 6.56. The van der Waals surface area contributed by atoms with Crippen LogP contribution in [0.4, 0.5) is 11.5 Å². The predicted octanol–water partition coefficient (Wildman–Crippen LogP) is 5.10. The molecule has 0 fully saturated rings. The fraction of sp³-hybridized carbons (Fsp3) is 0.300. The Morgan fingerprint density at radius 2 is 2.08 bits per heavy atom. The highest BCUT2D eigenvalue weighted by atomic mass is 35.5. The number of rotatable bonds is 6. The normalized spacial score (nSPS) is 13.9. The molecular formula is C20H22ClN3O. The number of hydrogen-bond donors (Lipinski definition) is 2. The van der Waals surface area contributed by atoms with Crippen molar-refractivity contribution in [1.82, 2.24) is 10.3 Å². The van der Waals surface area contributed by atoms with Gasteiger partial charge < -0.3 is 10.6 Å². The fourth-order valence-electron chi connectivity index (χ4n) is 2.91. The van der Waals surface area contributed by atoms with Crippen LogP contribution in [-0.2, 0) is 0 Å². The van der Waals surface area contributed by atoms with Gasteiger partial charge >= 0.3 is 0 Å². The Balaban J connectivity index is 1.57. The highest BCUT2D eigenvalue weighted by molar-refractivity contribution is 6.33. The quantitative estimate of drug-likeness (QED) is 0.709. The number of anilines is 2. The standard InChI is InChI=1S/C20H22ClN3O/c21-17-8-4-5-9-18(17)24-19-14-16(11-13-22-19)20(25)23-12-10-15-6-2-1-3-7-15/h4-6,8-9,11,13-14H,1-3,7,10,12H2,(H,22,24)(H,23,25). The Labute approximate surface area is 153 Å². The molecule has 1 heterocycles. The number of hydrogen-bond acceptors (Lipinski definition) is 3. The monoisotopic (exact) mass is 355 g/mol. The lowest BCUT2D eigenvalue weighted by Gasteiger charge is -2.13. The minimum Gasteiger partial charge on any atom is -0.352 e. The Kier molecular flexibility index (Phi) is 6.07. The SMILES string of the molecule is O=C(NCCC1=CCCCC1)c1ccnc(Nc2ccccc2Cl)c1. The second kappa shape index (κ2) is 8.67. The van der Waals surface area contributed by atoms with E-state index < -0.39 is 0 Å². The Hall–Kier alpha value is -2.33. The van der Waals surface area contributed by atoms with E-state index in [0.29, 0.717) is 22.9 Å². The molecule has 1 aromatic carbocycles. The van der Waals surface area contributed by atoms with Crippen molar-refractivity contribution in [2.45, 2.75) is 32.1 Å². The summed E-state index contributed by atoms with van der Waals surface area (Å²) in [5, 5.41) is 6.74. The zero-order chi connectivity index (χ0) is 17.5. The van der Waals surface area contributed by atoms with Crippen LogP contribution in [0.15, 0.2) is 54.2 Å². The number of carbonyl (C=O) groups is 1. The molecule has 130 valence electrons. The number of amides is 1. The third-order valence-corrected chi connectivity index (χ3v) is 4.61. The molecule has 2 N–H and O–H groups in total. The van der Waals surface area contributed by atoms with Crippen molar-refractivity contribution in [3.05, 3.63) is 64.8 Å². The summed E-state index contributed by atoms with van der Waals surface area (Å²) in [7, 11) is 0. The van der Waals surface area contributed by atoms with Crippen LogP contribution >= 0.6 is 11.6 Å². The lowest BCUT2D eigenvalue weighted by molar-refractivity contribution is 0.0954. The minimum atomic E-state index is -0.0824. The van der Waals surface area contributed by atoms with Gasteiger partial charge in [-0.2, -0.15) is 0 Å². The van der Waals surface area contributed by atoms with Gasteiger partial charge in [0.05, 0.1) is 10.7 Å². The van der Waals surface area contributed by atoms with Gasteiger partial charge in [-0.05, 0) is 56.4 Å². The number of para-hydroxylation sites is 1. The van der Waals surface area contributed by atoms with E-state index in [1.165, 1.54) is 24.8 Å². The molecule has 5 heteroatoms. The summed E-state index contributed by atoms with van der Waals surface area (Å²) in [6.07, 6.45) is 9.75. The third kappa shape index (κ3) is 5.07. The van der Waals surface area contributed by atoms with Crippen molar-refractivity contribution in [3.8, 4) is 0 Å². The van der Waals surface area contributed by atoms with Gasteiger partial charge in [0.2, 0.25) is 0 Å². The van der Waals surface area contributed by atoms with Crippen LogP contribution in [0.5, 0.6) is 0 Å². The van der Waals surface area contributed by atoms with E-state index in [4.69, 9.17) is 11.6 Å². The summed E-state index contributed by atoms with van der Waals surface area (Å²) in [6.45, 7) is 0.667. The van der Waals surface area contributed by atoms with Crippen molar-refractivity contribution in [2.24, 2.45) is 0 Å². The molecule has 0 aliphatic heterocycles. The van der Waals surface area contributed by atoms with E-state index in [-0.39, 0.29) is 5.91 Å². The topological polar surface area (TPSA) is 54.0 Å². The number of pyridine rings is 1. The largest absolute Gasteiger partial charge is 0.352 e. The van der Waals surface area contributed by atoms with Crippen LogP contribution in [0.3, 0.4) is 0 Å². The van der Waals surface area contributed by atoms with Gasteiger partial charge in [-0.15, -0.1) is 0 Å². The molecule has 0 atom stereocenters. The van der Waals surface area contributed by atoms with Crippen molar-refractivity contribution in [2.75, 3.05) is 11.9 Å². The molecule has 25 heavy (non-hydrogen) atoms. The highest BCUT2D eigenvalue weighted by Gasteiger charge is 2.09. The summed E-state index contributed by atoms with van der Waals surface area (Å²) in [5.74, 6) is 0.511. The first kappa shape index (κ1) is 17.5. The summed E-state index contributed by atoms with van der Waals surface area (Å²) in [6, 6.07) is 10.9. The number of benzene rings is 1. The maximum Gasteiger partial charge on any atom is 0.251 e. The Morgan fingerprint density at radius 1 is 1.20 bits per heavy atom. The van der Waals surface area contributed by atoms with Gasteiger partial charge in [-0.3, -0.25) is 4.79 Å². The summed E-state index contributed by atoms with van der Waals surface area (Å²) in [4.78, 5) is 16.6. The van der Waals surface area contributed by atoms with Crippen LogP contribution in [0.25, 0.3) is 0 Å². The van der Waals surface area contributed by atoms with Crippen LogP contribution in [0.1, 0.15) is 42.5 Å². The van der Waals surface area contributed by atoms with Crippen molar-refractivity contribution >= 4 is 29.0 Å². The van der Waals surface area contributed by atoms with Gasteiger partial charge in [-0.1, -0.05) is 35.4 Å². The van der Waals surface area contributed by atoms with E-state index in [0.717, 1.165) is 18.5 Å². The van der Waals surface area contributed by atoms with Gasteiger partial charge in [0, 0.05) is 18.3 Å². The first-order chi connectivity index (χ1) is 12.2. The summed E-state index contributed by atoms with van der Waals surface area (Å²) >= 11 is 6.14. The van der Waals surface area contributed by atoms with Crippen molar-refractivity contribution in [3.63, 3.8) is 0 Å². The van der Waals surface area contributed by atoms with Crippen LogP contribution < -0.4 is 10.6 Å². The zero-order valence-corrected chi connectivity index (χ0v) is 14.9. The van der Waals surface area contributed by atoms with E-state index in [1.807, 2.05) is 18.2 Å². The van der Waals surface area contributed by atoms with E-state index in [1.54, 1.807) is 24.4 Å².